The molecule has 0 radical (unpaired) electrons. The Morgan fingerprint density at radius 1 is 1.23 bits per heavy atom. The van der Waals surface area contributed by atoms with Gasteiger partial charge in [-0.05, 0) is 50.1 Å². The molecule has 2 aromatic rings. The summed E-state index contributed by atoms with van der Waals surface area (Å²) in [4.78, 5) is 15.6. The molecular weight excluding hydrogens is 280 g/mol. The third-order valence-corrected chi connectivity index (χ3v) is 3.30. The zero-order valence-corrected chi connectivity index (χ0v) is 12.9. The number of hydrogen-bond acceptors (Lipinski definition) is 5. The Hall–Kier alpha value is -2.76. The van der Waals surface area contributed by atoms with E-state index < -0.39 is 6.09 Å². The van der Waals surface area contributed by atoms with Crippen LogP contribution in [0.1, 0.15) is 18.1 Å². The van der Waals surface area contributed by atoms with Gasteiger partial charge in [0.05, 0.1) is 12.3 Å². The number of aromatic nitrogens is 1. The molecule has 0 aliphatic rings. The van der Waals surface area contributed by atoms with Gasteiger partial charge in [0, 0.05) is 5.69 Å². The molecule has 1 aromatic carbocycles. The first kappa shape index (κ1) is 15.6. The molecule has 1 aromatic heterocycles. The lowest BCUT2D eigenvalue weighted by molar-refractivity contribution is 0.168. The van der Waals surface area contributed by atoms with E-state index in [9.17, 15) is 4.79 Å². The number of pyridine rings is 1. The van der Waals surface area contributed by atoms with Gasteiger partial charge >= 0.3 is 6.09 Å². The van der Waals surface area contributed by atoms with E-state index in [1.165, 1.54) is 5.56 Å². The Kier molecular flexibility index (Phi) is 4.83. The van der Waals surface area contributed by atoms with Crippen LogP contribution in [0, 0.1) is 13.8 Å². The third-order valence-electron chi connectivity index (χ3n) is 3.30. The lowest BCUT2D eigenvalue weighted by atomic mass is 10.1. The van der Waals surface area contributed by atoms with Crippen LogP contribution in [0.4, 0.5) is 27.8 Å². The van der Waals surface area contributed by atoms with Gasteiger partial charge in [0.2, 0.25) is 0 Å². The minimum atomic E-state index is -0.550. The monoisotopic (exact) mass is 300 g/mol. The van der Waals surface area contributed by atoms with Gasteiger partial charge in [-0.1, -0.05) is 12.1 Å². The van der Waals surface area contributed by atoms with Crippen molar-refractivity contribution in [2.24, 2.45) is 0 Å². The van der Waals surface area contributed by atoms with Gasteiger partial charge in [0.15, 0.2) is 0 Å². The molecule has 0 aliphatic carbocycles. The van der Waals surface area contributed by atoms with Crippen molar-refractivity contribution in [3.63, 3.8) is 0 Å². The number of nitrogen functional groups attached to an aromatic ring is 1. The van der Waals surface area contributed by atoms with E-state index in [0.717, 1.165) is 11.3 Å². The summed E-state index contributed by atoms with van der Waals surface area (Å²) in [5.41, 5.74) is 9.60. The first-order valence-electron chi connectivity index (χ1n) is 7.04. The Morgan fingerprint density at radius 2 is 2.00 bits per heavy atom. The number of benzene rings is 1. The predicted molar refractivity (Wildman–Crippen MR) is 88.5 cm³/mol. The van der Waals surface area contributed by atoms with Crippen LogP contribution in [0.3, 0.4) is 0 Å². The van der Waals surface area contributed by atoms with Gasteiger partial charge < -0.3 is 15.8 Å². The largest absolute Gasteiger partial charge is 0.450 e. The smallest absolute Gasteiger partial charge is 0.411 e. The summed E-state index contributed by atoms with van der Waals surface area (Å²) in [6.07, 6.45) is -0.550. The summed E-state index contributed by atoms with van der Waals surface area (Å²) in [6.45, 7) is 6.12. The number of nitrogens with two attached hydrogens (primary N) is 1. The zero-order chi connectivity index (χ0) is 16.1. The SMILES string of the molecule is CCOC(=O)Nc1ccc(Nc2cccc(C)c2C)nc1N. The number of anilines is 4. The second kappa shape index (κ2) is 6.80. The fourth-order valence-electron chi connectivity index (χ4n) is 1.95. The number of hydrogen-bond donors (Lipinski definition) is 3. The number of rotatable bonds is 4. The Labute approximate surface area is 129 Å². The molecule has 0 saturated heterocycles. The van der Waals surface area contributed by atoms with E-state index in [1.54, 1.807) is 19.1 Å². The number of carbonyl (C=O) groups excluding carboxylic acids is 1. The lowest BCUT2D eigenvalue weighted by Gasteiger charge is -2.13. The number of aryl methyl sites for hydroxylation is 1. The number of nitrogens with one attached hydrogen (secondary N) is 2. The molecule has 2 rings (SSSR count). The van der Waals surface area contributed by atoms with Gasteiger partial charge in [-0.3, -0.25) is 5.32 Å². The van der Waals surface area contributed by atoms with E-state index >= 15 is 0 Å². The van der Waals surface area contributed by atoms with Crippen molar-refractivity contribution in [2.45, 2.75) is 20.8 Å². The van der Waals surface area contributed by atoms with E-state index in [1.807, 2.05) is 19.1 Å². The average molecular weight is 300 g/mol. The van der Waals surface area contributed by atoms with Crippen LogP contribution in [0.25, 0.3) is 0 Å². The third kappa shape index (κ3) is 3.66. The fourth-order valence-corrected chi connectivity index (χ4v) is 1.95. The number of amides is 1. The highest BCUT2D eigenvalue weighted by Gasteiger charge is 2.08. The maximum absolute atomic E-state index is 11.4. The molecule has 4 N–H and O–H groups in total. The normalized spacial score (nSPS) is 10.1. The highest BCUT2D eigenvalue weighted by molar-refractivity contribution is 5.88. The predicted octanol–water partition coefficient (Wildman–Crippen LogP) is 3.59. The van der Waals surface area contributed by atoms with Crippen molar-refractivity contribution in [1.29, 1.82) is 0 Å². The van der Waals surface area contributed by atoms with E-state index in [2.05, 4.69) is 28.6 Å². The Bertz CT molecular complexity index is 686. The molecule has 0 spiro atoms. The van der Waals surface area contributed by atoms with Crippen LogP contribution in [-0.4, -0.2) is 17.7 Å². The fraction of sp³-hybridized carbons (Fsp3) is 0.250. The summed E-state index contributed by atoms with van der Waals surface area (Å²) >= 11 is 0. The van der Waals surface area contributed by atoms with Crippen molar-refractivity contribution in [3.05, 3.63) is 41.5 Å². The second-order valence-corrected chi connectivity index (χ2v) is 4.85. The highest BCUT2D eigenvalue weighted by atomic mass is 16.5. The first-order valence-corrected chi connectivity index (χ1v) is 7.04. The molecule has 0 atom stereocenters. The molecule has 22 heavy (non-hydrogen) atoms. The standard InChI is InChI=1S/C16H20N4O2/c1-4-22-16(21)19-13-8-9-14(20-15(13)17)18-12-7-5-6-10(2)11(12)3/h5-9H,4H2,1-3H3,(H,19,21)(H3,17,18,20). The van der Waals surface area contributed by atoms with Gasteiger partial charge in [0.25, 0.3) is 0 Å². The Balaban J connectivity index is 2.15. The van der Waals surface area contributed by atoms with Crippen LogP contribution in [0.2, 0.25) is 0 Å². The molecule has 6 nitrogen and oxygen atoms in total. The summed E-state index contributed by atoms with van der Waals surface area (Å²) in [5.74, 6) is 0.837. The lowest BCUT2D eigenvalue weighted by Crippen LogP contribution is -2.15. The van der Waals surface area contributed by atoms with Gasteiger partial charge in [-0.2, -0.15) is 0 Å². The van der Waals surface area contributed by atoms with Crippen molar-refractivity contribution >= 4 is 29.1 Å². The van der Waals surface area contributed by atoms with Gasteiger partial charge in [-0.25, -0.2) is 9.78 Å². The summed E-state index contributed by atoms with van der Waals surface area (Å²) in [7, 11) is 0. The molecule has 0 saturated carbocycles. The van der Waals surface area contributed by atoms with E-state index in [-0.39, 0.29) is 5.82 Å². The van der Waals surface area contributed by atoms with Crippen LogP contribution < -0.4 is 16.4 Å². The highest BCUT2D eigenvalue weighted by Crippen LogP contribution is 2.24. The summed E-state index contributed by atoms with van der Waals surface area (Å²) in [6, 6.07) is 9.44. The average Bonchev–Trinajstić information content (AvgIpc) is 2.47. The van der Waals surface area contributed by atoms with Crippen LogP contribution in [0.5, 0.6) is 0 Å². The molecule has 0 aliphatic heterocycles. The maximum atomic E-state index is 11.4. The molecule has 1 heterocycles. The Morgan fingerprint density at radius 3 is 2.68 bits per heavy atom. The quantitative estimate of drug-likeness (QED) is 0.803. The molecule has 6 heteroatoms. The second-order valence-electron chi connectivity index (χ2n) is 4.85. The summed E-state index contributed by atoms with van der Waals surface area (Å²) in [5, 5.41) is 5.77. The van der Waals surface area contributed by atoms with Crippen molar-refractivity contribution in [2.75, 3.05) is 23.0 Å². The number of carbonyl (C=O) groups is 1. The van der Waals surface area contributed by atoms with E-state index in [0.29, 0.717) is 18.1 Å². The van der Waals surface area contributed by atoms with Crippen LogP contribution >= 0.6 is 0 Å². The molecule has 116 valence electrons. The molecule has 0 unspecified atom stereocenters. The van der Waals surface area contributed by atoms with Crippen molar-refractivity contribution < 1.29 is 9.53 Å². The zero-order valence-electron chi connectivity index (χ0n) is 12.9. The minimum absolute atomic E-state index is 0.225. The molecule has 1 amide bonds. The van der Waals surface area contributed by atoms with Gasteiger partial charge in [0.1, 0.15) is 11.6 Å². The van der Waals surface area contributed by atoms with Crippen molar-refractivity contribution in [3.8, 4) is 0 Å². The van der Waals surface area contributed by atoms with E-state index in [4.69, 9.17) is 10.5 Å². The van der Waals surface area contributed by atoms with Crippen molar-refractivity contribution in [1.82, 2.24) is 4.98 Å². The first-order chi connectivity index (χ1) is 10.5. The van der Waals surface area contributed by atoms with Crippen LogP contribution in [-0.2, 0) is 4.74 Å². The van der Waals surface area contributed by atoms with Gasteiger partial charge in [-0.15, -0.1) is 0 Å². The topological polar surface area (TPSA) is 89.3 Å². The molecule has 0 bridgehead atoms. The number of ether oxygens (including phenoxy) is 1. The van der Waals surface area contributed by atoms with Crippen LogP contribution in [0.15, 0.2) is 30.3 Å². The maximum Gasteiger partial charge on any atom is 0.411 e. The summed E-state index contributed by atoms with van der Waals surface area (Å²) < 4.78 is 4.81. The minimum Gasteiger partial charge on any atom is -0.450 e. The molecular formula is C16H20N4O2. The number of nitrogens with zero attached hydrogens (tertiary/aromatic N) is 1. The molecule has 0 fully saturated rings.